The fraction of sp³-hybridized carbons (Fsp3) is 0.350. The van der Waals surface area contributed by atoms with Crippen LogP contribution in [0.2, 0.25) is 0 Å². The van der Waals surface area contributed by atoms with Gasteiger partial charge in [0.05, 0.1) is 20.3 Å². The molecule has 5 heteroatoms. The van der Waals surface area contributed by atoms with E-state index in [1.807, 2.05) is 38.1 Å². The molecule has 0 saturated heterocycles. The summed E-state index contributed by atoms with van der Waals surface area (Å²) in [6.07, 6.45) is 0.0294. The predicted octanol–water partition coefficient (Wildman–Crippen LogP) is 3.74. The van der Waals surface area contributed by atoms with Gasteiger partial charge in [0.1, 0.15) is 17.2 Å². The van der Waals surface area contributed by atoms with Crippen molar-refractivity contribution in [2.45, 2.75) is 32.4 Å². The molecule has 2 atom stereocenters. The Balaban J connectivity index is 1.97. The Morgan fingerprint density at radius 1 is 0.920 bits per heavy atom. The van der Waals surface area contributed by atoms with Gasteiger partial charge < -0.3 is 19.5 Å². The molecule has 2 aromatic carbocycles. The molecule has 1 N–H and O–H groups in total. The van der Waals surface area contributed by atoms with Crippen LogP contribution in [0.5, 0.6) is 17.2 Å². The number of hydrogen-bond donors (Lipinski definition) is 1. The van der Waals surface area contributed by atoms with Crippen molar-refractivity contribution in [1.82, 2.24) is 5.32 Å². The van der Waals surface area contributed by atoms with E-state index in [1.54, 1.807) is 38.5 Å². The second-order valence-corrected chi connectivity index (χ2v) is 5.69. The highest BCUT2D eigenvalue weighted by atomic mass is 16.5. The van der Waals surface area contributed by atoms with Crippen LogP contribution in [0.3, 0.4) is 0 Å². The summed E-state index contributed by atoms with van der Waals surface area (Å²) in [6, 6.07) is 14.7. The van der Waals surface area contributed by atoms with Crippen LogP contribution in [0.4, 0.5) is 0 Å². The summed E-state index contributed by atoms with van der Waals surface area (Å²) < 4.78 is 16.1. The third-order valence-electron chi connectivity index (χ3n) is 3.98. The van der Waals surface area contributed by atoms with Crippen molar-refractivity contribution >= 4 is 5.91 Å². The van der Waals surface area contributed by atoms with Gasteiger partial charge in [0.2, 0.25) is 0 Å². The molecule has 0 aliphatic rings. The van der Waals surface area contributed by atoms with Crippen LogP contribution in [0, 0.1) is 0 Å². The smallest absolute Gasteiger partial charge is 0.261 e. The molecule has 2 aromatic rings. The second-order valence-electron chi connectivity index (χ2n) is 5.69. The van der Waals surface area contributed by atoms with E-state index in [2.05, 4.69) is 5.32 Å². The molecular formula is C20H25NO4. The molecule has 25 heavy (non-hydrogen) atoms. The topological polar surface area (TPSA) is 56.8 Å². The van der Waals surface area contributed by atoms with Crippen molar-refractivity contribution in [1.29, 1.82) is 0 Å². The van der Waals surface area contributed by atoms with E-state index in [1.165, 1.54) is 0 Å². The lowest BCUT2D eigenvalue weighted by Crippen LogP contribution is -2.39. The first-order valence-electron chi connectivity index (χ1n) is 8.32. The Morgan fingerprint density at radius 2 is 1.40 bits per heavy atom. The first-order chi connectivity index (χ1) is 12.1. The van der Waals surface area contributed by atoms with Crippen molar-refractivity contribution in [3.8, 4) is 17.2 Å². The molecule has 0 heterocycles. The van der Waals surface area contributed by atoms with Crippen LogP contribution in [-0.2, 0) is 4.79 Å². The fourth-order valence-electron chi connectivity index (χ4n) is 2.42. The minimum Gasteiger partial charge on any atom is -0.497 e. The van der Waals surface area contributed by atoms with Crippen molar-refractivity contribution in [3.05, 3.63) is 54.1 Å². The van der Waals surface area contributed by atoms with Gasteiger partial charge in [0.25, 0.3) is 5.91 Å². The highest BCUT2D eigenvalue weighted by Gasteiger charge is 2.20. The molecule has 0 saturated carbocycles. The Morgan fingerprint density at radius 3 is 1.88 bits per heavy atom. The van der Waals surface area contributed by atoms with Crippen LogP contribution < -0.4 is 19.5 Å². The summed E-state index contributed by atoms with van der Waals surface area (Å²) in [5.41, 5.74) is 1.01. The zero-order valence-corrected chi connectivity index (χ0v) is 15.1. The molecule has 0 aliphatic heterocycles. The molecule has 134 valence electrons. The normalized spacial score (nSPS) is 12.8. The van der Waals surface area contributed by atoms with Gasteiger partial charge in [-0.2, -0.15) is 0 Å². The van der Waals surface area contributed by atoms with Crippen LogP contribution in [0.25, 0.3) is 0 Å². The SMILES string of the molecule is CCC(Oc1ccc(OC)cc1)C(=O)NC(C)c1ccc(OC)cc1. The summed E-state index contributed by atoms with van der Waals surface area (Å²) in [5.74, 6) is 2.04. The standard InChI is InChI=1S/C20H25NO4/c1-5-19(25-18-12-10-17(24-4)11-13-18)20(22)21-14(2)15-6-8-16(23-3)9-7-15/h6-14,19H,5H2,1-4H3,(H,21,22). The van der Waals surface area contributed by atoms with Gasteiger partial charge in [-0.25, -0.2) is 0 Å². The lowest BCUT2D eigenvalue weighted by molar-refractivity contribution is -0.128. The summed E-state index contributed by atoms with van der Waals surface area (Å²) in [6.45, 7) is 3.87. The lowest BCUT2D eigenvalue weighted by atomic mass is 10.1. The maximum atomic E-state index is 12.5. The third kappa shape index (κ3) is 5.14. The van der Waals surface area contributed by atoms with Crippen LogP contribution >= 0.6 is 0 Å². The molecule has 0 bridgehead atoms. The van der Waals surface area contributed by atoms with E-state index in [9.17, 15) is 4.79 Å². The van der Waals surface area contributed by atoms with Gasteiger partial charge in [-0.15, -0.1) is 0 Å². The van der Waals surface area contributed by atoms with Crippen molar-refractivity contribution < 1.29 is 19.0 Å². The van der Waals surface area contributed by atoms with Crippen LogP contribution in [0.1, 0.15) is 31.9 Å². The Labute approximate surface area is 148 Å². The van der Waals surface area contributed by atoms with Crippen LogP contribution in [-0.4, -0.2) is 26.2 Å². The number of methoxy groups -OCH3 is 2. The van der Waals surface area contributed by atoms with Crippen LogP contribution in [0.15, 0.2) is 48.5 Å². The molecule has 5 nitrogen and oxygen atoms in total. The van der Waals surface area contributed by atoms with Gasteiger partial charge in [0, 0.05) is 0 Å². The highest BCUT2D eigenvalue weighted by molar-refractivity contribution is 5.81. The molecule has 0 spiro atoms. The molecule has 0 radical (unpaired) electrons. The molecule has 2 rings (SSSR count). The number of carbonyl (C=O) groups excluding carboxylic acids is 1. The molecule has 0 aromatic heterocycles. The lowest BCUT2D eigenvalue weighted by Gasteiger charge is -2.21. The van der Waals surface area contributed by atoms with E-state index in [-0.39, 0.29) is 11.9 Å². The van der Waals surface area contributed by atoms with Crippen molar-refractivity contribution in [3.63, 3.8) is 0 Å². The summed E-state index contributed by atoms with van der Waals surface area (Å²) >= 11 is 0. The quantitative estimate of drug-likeness (QED) is 0.793. The van der Waals surface area contributed by atoms with E-state index in [0.29, 0.717) is 12.2 Å². The molecule has 2 unspecified atom stereocenters. The Hall–Kier alpha value is -2.69. The Bertz CT molecular complexity index is 667. The molecule has 0 fully saturated rings. The summed E-state index contributed by atoms with van der Waals surface area (Å²) in [7, 11) is 3.24. The number of nitrogens with one attached hydrogen (secondary N) is 1. The minimum absolute atomic E-state index is 0.119. The second kappa shape index (κ2) is 8.97. The maximum Gasteiger partial charge on any atom is 0.261 e. The number of benzene rings is 2. The minimum atomic E-state index is -0.547. The third-order valence-corrected chi connectivity index (χ3v) is 3.98. The van der Waals surface area contributed by atoms with Gasteiger partial charge in [-0.3, -0.25) is 4.79 Å². The van der Waals surface area contributed by atoms with Gasteiger partial charge >= 0.3 is 0 Å². The summed E-state index contributed by atoms with van der Waals surface area (Å²) in [5, 5.41) is 3.00. The predicted molar refractivity (Wildman–Crippen MR) is 97.3 cm³/mol. The number of hydrogen-bond acceptors (Lipinski definition) is 4. The molecule has 0 aliphatic carbocycles. The van der Waals surface area contributed by atoms with Gasteiger partial charge in [-0.1, -0.05) is 19.1 Å². The average Bonchev–Trinajstić information content (AvgIpc) is 2.66. The molecular weight excluding hydrogens is 318 g/mol. The zero-order chi connectivity index (χ0) is 18.2. The monoisotopic (exact) mass is 343 g/mol. The highest BCUT2D eigenvalue weighted by Crippen LogP contribution is 2.20. The average molecular weight is 343 g/mol. The summed E-state index contributed by atoms with van der Waals surface area (Å²) in [4.78, 5) is 12.5. The molecule has 1 amide bonds. The number of amides is 1. The Kier molecular flexibility index (Phi) is 6.69. The van der Waals surface area contributed by atoms with E-state index in [4.69, 9.17) is 14.2 Å². The maximum absolute atomic E-state index is 12.5. The fourth-order valence-corrected chi connectivity index (χ4v) is 2.42. The van der Waals surface area contributed by atoms with E-state index >= 15 is 0 Å². The number of rotatable bonds is 8. The van der Waals surface area contributed by atoms with Crippen molar-refractivity contribution in [2.75, 3.05) is 14.2 Å². The van der Waals surface area contributed by atoms with Gasteiger partial charge in [0.15, 0.2) is 6.10 Å². The first kappa shape index (κ1) is 18.6. The van der Waals surface area contributed by atoms with Gasteiger partial charge in [-0.05, 0) is 55.3 Å². The zero-order valence-electron chi connectivity index (χ0n) is 15.1. The first-order valence-corrected chi connectivity index (χ1v) is 8.32. The van der Waals surface area contributed by atoms with Crippen molar-refractivity contribution in [2.24, 2.45) is 0 Å². The van der Waals surface area contributed by atoms with E-state index in [0.717, 1.165) is 17.1 Å². The largest absolute Gasteiger partial charge is 0.497 e. The number of carbonyl (C=O) groups is 1. The van der Waals surface area contributed by atoms with E-state index < -0.39 is 6.10 Å². The number of ether oxygens (including phenoxy) is 3.